The van der Waals surface area contributed by atoms with Gasteiger partial charge in [0.1, 0.15) is 5.82 Å². The molecule has 0 radical (unpaired) electrons. The minimum absolute atomic E-state index is 0.368. The van der Waals surface area contributed by atoms with Crippen molar-refractivity contribution < 1.29 is 0 Å². The van der Waals surface area contributed by atoms with Crippen molar-refractivity contribution >= 4 is 0 Å². The number of nitrogens with zero attached hydrogens (tertiary/aromatic N) is 3. The molecule has 0 unspecified atom stereocenters. The molecule has 0 amide bonds. The maximum absolute atomic E-state index is 4.77. The van der Waals surface area contributed by atoms with Gasteiger partial charge in [0.15, 0.2) is 0 Å². The first-order valence-corrected chi connectivity index (χ1v) is 11.5. The fourth-order valence-electron chi connectivity index (χ4n) is 4.73. The van der Waals surface area contributed by atoms with Gasteiger partial charge in [0.2, 0.25) is 0 Å². The predicted octanol–water partition coefficient (Wildman–Crippen LogP) is 7.77. The van der Waals surface area contributed by atoms with Gasteiger partial charge in [0.25, 0.3) is 0 Å². The van der Waals surface area contributed by atoms with Crippen molar-refractivity contribution in [1.29, 1.82) is 0 Å². The van der Waals surface area contributed by atoms with E-state index in [4.69, 9.17) is 9.97 Å². The molecule has 0 aliphatic heterocycles. The highest BCUT2D eigenvalue weighted by Crippen LogP contribution is 2.39. The SMILES string of the molecule is Cc1cc(C)c(-c2cc(C(C)C)c(-n3ccnc3-c3ccccc3)c(C(C)C)c2)c(C)n1. The van der Waals surface area contributed by atoms with Crippen molar-refractivity contribution in [1.82, 2.24) is 14.5 Å². The summed E-state index contributed by atoms with van der Waals surface area (Å²) in [7, 11) is 0. The minimum atomic E-state index is 0.368. The van der Waals surface area contributed by atoms with Crippen LogP contribution in [0.1, 0.15) is 67.6 Å². The van der Waals surface area contributed by atoms with Gasteiger partial charge in [0, 0.05) is 34.9 Å². The Bertz CT molecular complexity index is 1190. The second-order valence-electron chi connectivity index (χ2n) is 9.34. The molecule has 0 saturated heterocycles. The molecule has 0 bridgehead atoms. The van der Waals surface area contributed by atoms with Crippen LogP contribution >= 0.6 is 0 Å². The van der Waals surface area contributed by atoms with E-state index < -0.39 is 0 Å². The lowest BCUT2D eigenvalue weighted by Gasteiger charge is -2.24. The van der Waals surface area contributed by atoms with E-state index in [0.717, 1.165) is 22.8 Å². The number of aryl methyl sites for hydroxylation is 3. The lowest BCUT2D eigenvalue weighted by Crippen LogP contribution is -2.09. The van der Waals surface area contributed by atoms with Crippen LogP contribution in [0.5, 0.6) is 0 Å². The lowest BCUT2D eigenvalue weighted by atomic mass is 9.86. The standard InChI is InChI=1S/C29H33N3/c1-18(2)25-16-24(27-20(5)15-21(6)31-22(27)7)17-26(19(3)4)28(25)32-14-13-30-29(32)23-11-9-8-10-12-23/h8-19H,1-7H3. The van der Waals surface area contributed by atoms with Gasteiger partial charge in [-0.3, -0.25) is 9.55 Å². The van der Waals surface area contributed by atoms with Crippen LogP contribution in [0.25, 0.3) is 28.2 Å². The molecule has 3 heteroatoms. The van der Waals surface area contributed by atoms with Crippen LogP contribution in [0, 0.1) is 20.8 Å². The normalized spacial score (nSPS) is 11.5. The summed E-state index contributed by atoms with van der Waals surface area (Å²) in [6, 6.07) is 17.4. The molecule has 4 rings (SSSR count). The monoisotopic (exact) mass is 423 g/mol. The maximum Gasteiger partial charge on any atom is 0.144 e. The first-order valence-electron chi connectivity index (χ1n) is 11.5. The van der Waals surface area contributed by atoms with E-state index in [0.29, 0.717) is 11.8 Å². The summed E-state index contributed by atoms with van der Waals surface area (Å²) in [4.78, 5) is 9.51. The van der Waals surface area contributed by atoms with E-state index in [1.54, 1.807) is 0 Å². The number of imidazole rings is 1. The summed E-state index contributed by atoms with van der Waals surface area (Å²) < 4.78 is 2.27. The Hall–Kier alpha value is -3.20. The van der Waals surface area contributed by atoms with Gasteiger partial charge in [-0.2, -0.15) is 0 Å². The van der Waals surface area contributed by atoms with E-state index in [1.165, 1.54) is 33.5 Å². The number of pyridine rings is 1. The van der Waals surface area contributed by atoms with Crippen LogP contribution in [0.3, 0.4) is 0 Å². The molecule has 3 nitrogen and oxygen atoms in total. The first kappa shape index (κ1) is 22.0. The van der Waals surface area contributed by atoms with Crippen molar-refractivity contribution in [2.24, 2.45) is 0 Å². The smallest absolute Gasteiger partial charge is 0.144 e. The molecule has 0 saturated carbocycles. The first-order chi connectivity index (χ1) is 15.3. The molecule has 164 valence electrons. The van der Waals surface area contributed by atoms with Crippen LogP contribution in [-0.2, 0) is 0 Å². The van der Waals surface area contributed by atoms with Crippen LogP contribution < -0.4 is 0 Å². The van der Waals surface area contributed by atoms with Gasteiger partial charge < -0.3 is 0 Å². The Kier molecular flexibility index (Phi) is 6.01. The van der Waals surface area contributed by atoms with Gasteiger partial charge in [-0.05, 0) is 73.1 Å². The Morgan fingerprint density at radius 3 is 1.97 bits per heavy atom. The minimum Gasteiger partial charge on any atom is -0.299 e. The zero-order chi connectivity index (χ0) is 23.0. The average molecular weight is 424 g/mol. The number of rotatable bonds is 5. The van der Waals surface area contributed by atoms with Crippen LogP contribution in [0.4, 0.5) is 0 Å². The summed E-state index contributed by atoms with van der Waals surface area (Å²) in [6.45, 7) is 15.5. The van der Waals surface area contributed by atoms with E-state index in [1.807, 2.05) is 12.3 Å². The lowest BCUT2D eigenvalue weighted by molar-refractivity contribution is 0.807. The van der Waals surface area contributed by atoms with Gasteiger partial charge in [-0.25, -0.2) is 4.98 Å². The van der Waals surface area contributed by atoms with E-state index >= 15 is 0 Å². The summed E-state index contributed by atoms with van der Waals surface area (Å²) in [6.07, 6.45) is 4.00. The number of hydrogen-bond acceptors (Lipinski definition) is 2. The summed E-state index contributed by atoms with van der Waals surface area (Å²) >= 11 is 0. The summed E-state index contributed by atoms with van der Waals surface area (Å²) in [5.41, 5.74) is 11.0. The highest BCUT2D eigenvalue weighted by Gasteiger charge is 2.21. The van der Waals surface area contributed by atoms with Crippen molar-refractivity contribution in [3.8, 4) is 28.2 Å². The van der Waals surface area contributed by atoms with Crippen LogP contribution in [-0.4, -0.2) is 14.5 Å². The highest BCUT2D eigenvalue weighted by molar-refractivity contribution is 5.75. The Balaban J connectivity index is 2.02. The van der Waals surface area contributed by atoms with Crippen LogP contribution in [0.15, 0.2) is 60.9 Å². The molecule has 2 heterocycles. The van der Waals surface area contributed by atoms with Crippen LogP contribution in [0.2, 0.25) is 0 Å². The molecule has 32 heavy (non-hydrogen) atoms. The maximum atomic E-state index is 4.77. The molecule has 0 fully saturated rings. The zero-order valence-electron chi connectivity index (χ0n) is 20.3. The van der Waals surface area contributed by atoms with Gasteiger partial charge in [-0.1, -0.05) is 58.0 Å². The Morgan fingerprint density at radius 1 is 0.781 bits per heavy atom. The third-order valence-electron chi connectivity index (χ3n) is 6.14. The third-order valence-corrected chi connectivity index (χ3v) is 6.14. The van der Waals surface area contributed by atoms with Gasteiger partial charge >= 0.3 is 0 Å². The van der Waals surface area contributed by atoms with Gasteiger partial charge in [0.05, 0.1) is 5.69 Å². The molecular formula is C29H33N3. The summed E-state index contributed by atoms with van der Waals surface area (Å²) in [5, 5.41) is 0. The molecule has 2 aromatic heterocycles. The predicted molar refractivity (Wildman–Crippen MR) is 135 cm³/mol. The molecule has 0 N–H and O–H groups in total. The van der Waals surface area contributed by atoms with Crippen molar-refractivity contribution in [2.75, 3.05) is 0 Å². The van der Waals surface area contributed by atoms with E-state index in [2.05, 4.69) is 102 Å². The molecule has 0 aliphatic rings. The molecule has 0 aliphatic carbocycles. The largest absolute Gasteiger partial charge is 0.299 e. The topological polar surface area (TPSA) is 30.7 Å². The molecule has 4 aromatic rings. The third kappa shape index (κ3) is 4.00. The van der Waals surface area contributed by atoms with Crippen molar-refractivity contribution in [3.63, 3.8) is 0 Å². The second-order valence-corrected chi connectivity index (χ2v) is 9.34. The Morgan fingerprint density at radius 2 is 1.41 bits per heavy atom. The molecule has 0 spiro atoms. The quantitative estimate of drug-likeness (QED) is 0.328. The Labute approximate surface area is 192 Å². The number of benzene rings is 2. The van der Waals surface area contributed by atoms with Gasteiger partial charge in [-0.15, -0.1) is 0 Å². The average Bonchev–Trinajstić information content (AvgIpc) is 3.22. The molecular weight excluding hydrogens is 390 g/mol. The molecule has 2 aromatic carbocycles. The summed E-state index contributed by atoms with van der Waals surface area (Å²) in [5.74, 6) is 1.71. The number of hydrogen-bond donors (Lipinski definition) is 0. The van der Waals surface area contributed by atoms with Crippen molar-refractivity contribution in [2.45, 2.75) is 60.3 Å². The highest BCUT2D eigenvalue weighted by atomic mass is 15.1. The van der Waals surface area contributed by atoms with E-state index in [9.17, 15) is 0 Å². The second kappa shape index (κ2) is 8.74. The fourth-order valence-corrected chi connectivity index (χ4v) is 4.73. The van der Waals surface area contributed by atoms with Crippen molar-refractivity contribution in [3.05, 3.63) is 89.0 Å². The zero-order valence-corrected chi connectivity index (χ0v) is 20.3. The fraction of sp³-hybridized carbons (Fsp3) is 0.310. The number of aromatic nitrogens is 3. The van der Waals surface area contributed by atoms with E-state index in [-0.39, 0.29) is 0 Å². The molecule has 0 atom stereocenters.